The number of rotatable bonds is 5. The topological polar surface area (TPSA) is 87.1 Å². The minimum absolute atomic E-state index is 0.0706. The van der Waals surface area contributed by atoms with Crippen molar-refractivity contribution in [3.8, 4) is 0 Å². The fourth-order valence-corrected chi connectivity index (χ4v) is 2.60. The summed E-state index contributed by atoms with van der Waals surface area (Å²) < 4.78 is 5.19. The second kappa shape index (κ2) is 5.88. The molecule has 1 aliphatic rings. The molecule has 3 N–H and O–H groups in total. The summed E-state index contributed by atoms with van der Waals surface area (Å²) in [6, 6.07) is 10.9. The van der Waals surface area contributed by atoms with Gasteiger partial charge in [0, 0.05) is 22.5 Å². The van der Waals surface area contributed by atoms with E-state index in [9.17, 15) is 9.59 Å². The Hall–Kier alpha value is -3.02. The largest absolute Gasteiger partial charge is 0.467 e. The Morgan fingerprint density at radius 1 is 1.21 bits per heavy atom. The highest BCUT2D eigenvalue weighted by Crippen LogP contribution is 2.30. The summed E-state index contributed by atoms with van der Waals surface area (Å²) in [6.45, 7) is 0.337. The Morgan fingerprint density at radius 2 is 2.08 bits per heavy atom. The van der Waals surface area contributed by atoms with Gasteiger partial charge >= 0.3 is 0 Å². The molecule has 0 bridgehead atoms. The van der Waals surface area contributed by atoms with E-state index in [2.05, 4.69) is 15.6 Å². The van der Waals surface area contributed by atoms with E-state index in [1.54, 1.807) is 24.5 Å². The Morgan fingerprint density at radius 3 is 2.83 bits per heavy atom. The van der Waals surface area contributed by atoms with Gasteiger partial charge in [0.2, 0.25) is 5.91 Å². The van der Waals surface area contributed by atoms with E-state index < -0.39 is 0 Å². The number of fused-ring (bicyclic) bond motifs is 1. The number of furan rings is 1. The first kappa shape index (κ1) is 14.6. The average Bonchev–Trinajstić information content (AvgIpc) is 3.14. The summed E-state index contributed by atoms with van der Waals surface area (Å²) in [6.07, 6.45) is 3.51. The van der Waals surface area contributed by atoms with Crippen LogP contribution in [0.5, 0.6) is 0 Å². The first-order valence-corrected chi connectivity index (χ1v) is 7.93. The van der Waals surface area contributed by atoms with Crippen LogP contribution >= 0.6 is 0 Å². The van der Waals surface area contributed by atoms with Crippen LogP contribution in [0.25, 0.3) is 10.9 Å². The Labute approximate surface area is 138 Å². The predicted molar refractivity (Wildman–Crippen MR) is 89.5 cm³/mol. The van der Waals surface area contributed by atoms with Crippen molar-refractivity contribution in [2.75, 3.05) is 5.32 Å². The van der Waals surface area contributed by atoms with Crippen LogP contribution in [0.1, 0.15) is 29.1 Å². The first-order chi connectivity index (χ1) is 11.7. The summed E-state index contributed by atoms with van der Waals surface area (Å²) in [5.41, 5.74) is 2.07. The number of aromatic amines is 1. The fraction of sp³-hybridized carbons (Fsp3) is 0.222. The van der Waals surface area contributed by atoms with Gasteiger partial charge in [-0.15, -0.1) is 0 Å². The van der Waals surface area contributed by atoms with Crippen LogP contribution in [-0.4, -0.2) is 16.8 Å². The SMILES string of the molecule is O=C(NCc1ccco1)c1cc2cc(NC(=O)C3CC3)ccc2[nH]1. The van der Waals surface area contributed by atoms with Crippen LogP contribution in [-0.2, 0) is 11.3 Å². The molecule has 24 heavy (non-hydrogen) atoms. The molecular formula is C18H17N3O3. The zero-order chi connectivity index (χ0) is 16.5. The number of nitrogens with one attached hydrogen (secondary N) is 3. The van der Waals surface area contributed by atoms with E-state index in [-0.39, 0.29) is 17.7 Å². The van der Waals surface area contributed by atoms with Gasteiger partial charge in [0.25, 0.3) is 5.91 Å². The standard InChI is InChI=1S/C18H17N3O3/c22-17(11-3-4-11)20-13-5-6-15-12(8-13)9-16(21-15)18(23)19-10-14-2-1-7-24-14/h1-2,5-9,11,21H,3-4,10H2,(H,19,23)(H,20,22). The minimum atomic E-state index is -0.203. The lowest BCUT2D eigenvalue weighted by molar-refractivity contribution is -0.117. The van der Waals surface area contributed by atoms with Crippen molar-refractivity contribution < 1.29 is 14.0 Å². The van der Waals surface area contributed by atoms with E-state index in [0.717, 1.165) is 29.4 Å². The van der Waals surface area contributed by atoms with Gasteiger partial charge in [0.05, 0.1) is 12.8 Å². The number of carbonyl (C=O) groups excluding carboxylic acids is 2. The summed E-state index contributed by atoms with van der Waals surface area (Å²) >= 11 is 0. The van der Waals surface area contributed by atoms with Crippen LogP contribution in [0, 0.1) is 5.92 Å². The first-order valence-electron chi connectivity index (χ1n) is 7.93. The van der Waals surface area contributed by atoms with E-state index in [1.807, 2.05) is 18.2 Å². The third-order valence-electron chi connectivity index (χ3n) is 4.08. The number of amides is 2. The molecule has 4 rings (SSSR count). The highest BCUT2D eigenvalue weighted by molar-refractivity contribution is 6.00. The molecule has 0 spiro atoms. The van der Waals surface area contributed by atoms with Crippen molar-refractivity contribution in [2.24, 2.45) is 5.92 Å². The second-order valence-electron chi connectivity index (χ2n) is 6.01. The summed E-state index contributed by atoms with van der Waals surface area (Å²) in [4.78, 5) is 27.1. The molecule has 0 radical (unpaired) electrons. The van der Waals surface area contributed by atoms with Gasteiger partial charge in [-0.3, -0.25) is 9.59 Å². The van der Waals surface area contributed by atoms with Crippen LogP contribution in [0.2, 0.25) is 0 Å². The Bertz CT molecular complexity index is 892. The molecule has 6 heteroatoms. The Kier molecular flexibility index (Phi) is 3.57. The van der Waals surface area contributed by atoms with E-state index in [4.69, 9.17) is 4.42 Å². The molecule has 2 amide bonds. The molecule has 2 heterocycles. The number of benzene rings is 1. The van der Waals surface area contributed by atoms with Gasteiger partial charge in [0.15, 0.2) is 0 Å². The molecule has 122 valence electrons. The molecule has 0 saturated heterocycles. The quantitative estimate of drug-likeness (QED) is 0.674. The molecule has 1 aliphatic carbocycles. The van der Waals surface area contributed by atoms with Crippen molar-refractivity contribution >= 4 is 28.4 Å². The molecule has 3 aromatic rings. The summed E-state index contributed by atoms with van der Waals surface area (Å²) in [7, 11) is 0. The maximum Gasteiger partial charge on any atom is 0.268 e. The number of carbonyl (C=O) groups is 2. The van der Waals surface area contributed by atoms with E-state index in [0.29, 0.717) is 18.0 Å². The van der Waals surface area contributed by atoms with Crippen molar-refractivity contribution in [3.05, 3.63) is 54.1 Å². The maximum absolute atomic E-state index is 12.2. The minimum Gasteiger partial charge on any atom is -0.467 e. The monoisotopic (exact) mass is 323 g/mol. The van der Waals surface area contributed by atoms with Crippen molar-refractivity contribution in [2.45, 2.75) is 19.4 Å². The fourth-order valence-electron chi connectivity index (χ4n) is 2.60. The molecule has 0 aliphatic heterocycles. The van der Waals surface area contributed by atoms with Gasteiger partial charge < -0.3 is 20.0 Å². The molecule has 1 saturated carbocycles. The maximum atomic E-state index is 12.2. The number of H-pyrrole nitrogens is 1. The van der Waals surface area contributed by atoms with Gasteiger partial charge in [-0.1, -0.05) is 0 Å². The van der Waals surface area contributed by atoms with Crippen LogP contribution < -0.4 is 10.6 Å². The average molecular weight is 323 g/mol. The lowest BCUT2D eigenvalue weighted by Crippen LogP contribution is -2.22. The normalized spacial score (nSPS) is 13.8. The van der Waals surface area contributed by atoms with Crippen molar-refractivity contribution in [1.29, 1.82) is 0 Å². The highest BCUT2D eigenvalue weighted by atomic mass is 16.3. The van der Waals surface area contributed by atoms with Crippen LogP contribution in [0.15, 0.2) is 47.1 Å². The number of hydrogen-bond acceptors (Lipinski definition) is 3. The lowest BCUT2D eigenvalue weighted by atomic mass is 10.2. The van der Waals surface area contributed by atoms with Gasteiger partial charge in [-0.2, -0.15) is 0 Å². The summed E-state index contributed by atoms with van der Waals surface area (Å²) in [5.74, 6) is 0.729. The molecule has 2 aromatic heterocycles. The van der Waals surface area contributed by atoms with Gasteiger partial charge in [-0.05, 0) is 49.2 Å². The van der Waals surface area contributed by atoms with Gasteiger partial charge in [0.1, 0.15) is 11.5 Å². The molecule has 0 atom stereocenters. The lowest BCUT2D eigenvalue weighted by Gasteiger charge is -2.03. The smallest absolute Gasteiger partial charge is 0.268 e. The number of aromatic nitrogens is 1. The Balaban J connectivity index is 1.47. The van der Waals surface area contributed by atoms with Gasteiger partial charge in [-0.25, -0.2) is 0 Å². The molecule has 0 unspecified atom stereocenters. The van der Waals surface area contributed by atoms with Crippen LogP contribution in [0.3, 0.4) is 0 Å². The highest BCUT2D eigenvalue weighted by Gasteiger charge is 2.29. The molecular weight excluding hydrogens is 306 g/mol. The van der Waals surface area contributed by atoms with Crippen molar-refractivity contribution in [3.63, 3.8) is 0 Å². The van der Waals surface area contributed by atoms with Crippen LogP contribution in [0.4, 0.5) is 5.69 Å². The summed E-state index contributed by atoms with van der Waals surface area (Å²) in [5, 5.41) is 6.59. The van der Waals surface area contributed by atoms with Crippen molar-refractivity contribution in [1.82, 2.24) is 10.3 Å². The zero-order valence-corrected chi connectivity index (χ0v) is 13.0. The third-order valence-corrected chi connectivity index (χ3v) is 4.08. The molecule has 1 aromatic carbocycles. The zero-order valence-electron chi connectivity index (χ0n) is 13.0. The molecule has 6 nitrogen and oxygen atoms in total. The van der Waals surface area contributed by atoms with E-state index >= 15 is 0 Å². The van der Waals surface area contributed by atoms with E-state index in [1.165, 1.54) is 0 Å². The number of anilines is 1. The second-order valence-corrected chi connectivity index (χ2v) is 6.01. The number of hydrogen-bond donors (Lipinski definition) is 3. The predicted octanol–water partition coefficient (Wildman–Crippen LogP) is 3.04. The molecule has 1 fully saturated rings. The third kappa shape index (κ3) is 3.03.